The van der Waals surface area contributed by atoms with Gasteiger partial charge in [0.1, 0.15) is 15.7 Å². The Bertz CT molecular complexity index is 670. The smallest absolute Gasteiger partial charge is 0.191 e. The highest BCUT2D eigenvalue weighted by Gasteiger charge is 2.45. The van der Waals surface area contributed by atoms with Crippen molar-refractivity contribution >= 4 is 15.8 Å². The molecule has 1 aromatic rings. The first kappa shape index (κ1) is 17.7. The molecule has 7 heteroatoms. The largest absolute Gasteiger partial charge is 0.357 e. The van der Waals surface area contributed by atoms with E-state index in [-0.39, 0.29) is 17.0 Å². The van der Waals surface area contributed by atoms with E-state index in [1.54, 1.807) is 6.07 Å². The number of benzene rings is 1. The number of halogens is 1. The van der Waals surface area contributed by atoms with E-state index in [9.17, 15) is 12.8 Å². The van der Waals surface area contributed by atoms with E-state index in [2.05, 4.69) is 15.6 Å². The first-order chi connectivity index (χ1) is 10.9. The average molecular weight is 341 g/mol. The van der Waals surface area contributed by atoms with E-state index < -0.39 is 9.84 Å². The molecule has 23 heavy (non-hydrogen) atoms. The quantitative estimate of drug-likeness (QED) is 0.582. The van der Waals surface area contributed by atoms with Crippen LogP contribution in [-0.4, -0.2) is 46.0 Å². The molecule has 5 nitrogen and oxygen atoms in total. The molecular formula is C16H24FN3O2S. The van der Waals surface area contributed by atoms with Crippen molar-refractivity contribution in [3.8, 4) is 0 Å². The lowest BCUT2D eigenvalue weighted by molar-refractivity contribution is 0.572. The van der Waals surface area contributed by atoms with Crippen LogP contribution in [0.5, 0.6) is 0 Å². The Balaban J connectivity index is 2.01. The summed E-state index contributed by atoms with van der Waals surface area (Å²) in [7, 11) is -3.01. The van der Waals surface area contributed by atoms with Crippen molar-refractivity contribution in [2.24, 2.45) is 4.99 Å². The van der Waals surface area contributed by atoms with Gasteiger partial charge >= 0.3 is 0 Å². The summed E-state index contributed by atoms with van der Waals surface area (Å²) in [6.45, 7) is 3.41. The molecular weight excluding hydrogens is 317 g/mol. The Morgan fingerprint density at radius 3 is 2.57 bits per heavy atom. The molecule has 1 saturated carbocycles. The van der Waals surface area contributed by atoms with Gasteiger partial charge < -0.3 is 10.6 Å². The lowest BCUT2D eigenvalue weighted by Crippen LogP contribution is -2.40. The van der Waals surface area contributed by atoms with Crippen LogP contribution in [0.15, 0.2) is 29.3 Å². The van der Waals surface area contributed by atoms with Crippen LogP contribution in [-0.2, 0) is 15.3 Å². The van der Waals surface area contributed by atoms with Gasteiger partial charge in [-0.25, -0.2) is 12.8 Å². The van der Waals surface area contributed by atoms with Crippen LogP contribution in [0.1, 0.15) is 25.3 Å². The third-order valence-electron chi connectivity index (χ3n) is 3.95. The maximum atomic E-state index is 14.0. The number of sulfone groups is 1. The van der Waals surface area contributed by atoms with Gasteiger partial charge in [0.15, 0.2) is 5.96 Å². The van der Waals surface area contributed by atoms with Crippen LogP contribution >= 0.6 is 0 Å². The van der Waals surface area contributed by atoms with E-state index in [1.807, 2.05) is 19.1 Å². The molecule has 1 aliphatic carbocycles. The van der Waals surface area contributed by atoms with Crippen LogP contribution in [0.25, 0.3) is 0 Å². The number of guanidine groups is 1. The van der Waals surface area contributed by atoms with Crippen molar-refractivity contribution in [1.29, 1.82) is 0 Å². The first-order valence-corrected chi connectivity index (χ1v) is 9.87. The molecule has 2 N–H and O–H groups in total. The normalized spacial score (nSPS) is 16.9. The van der Waals surface area contributed by atoms with Crippen molar-refractivity contribution in [2.45, 2.75) is 25.2 Å². The van der Waals surface area contributed by atoms with Crippen LogP contribution < -0.4 is 10.6 Å². The van der Waals surface area contributed by atoms with Crippen molar-refractivity contribution in [1.82, 2.24) is 10.6 Å². The Morgan fingerprint density at radius 1 is 1.30 bits per heavy atom. The van der Waals surface area contributed by atoms with E-state index in [0.29, 0.717) is 25.6 Å². The molecule has 0 radical (unpaired) electrons. The molecule has 0 aromatic heterocycles. The third-order valence-corrected chi connectivity index (χ3v) is 4.89. The highest BCUT2D eigenvalue weighted by Crippen LogP contribution is 2.49. The number of rotatable bonds is 7. The minimum atomic E-state index is -3.01. The Morgan fingerprint density at radius 2 is 2.00 bits per heavy atom. The summed E-state index contributed by atoms with van der Waals surface area (Å²) in [5.74, 6) is 0.435. The fourth-order valence-electron chi connectivity index (χ4n) is 2.48. The second-order valence-corrected chi connectivity index (χ2v) is 8.27. The lowest BCUT2D eigenvalue weighted by Gasteiger charge is -2.16. The Kier molecular flexibility index (Phi) is 5.62. The molecule has 1 aromatic carbocycles. The van der Waals surface area contributed by atoms with Crippen LogP contribution in [0, 0.1) is 5.82 Å². The summed E-state index contributed by atoms with van der Waals surface area (Å²) in [4.78, 5) is 4.52. The molecule has 0 atom stereocenters. The van der Waals surface area contributed by atoms with E-state index in [1.165, 1.54) is 12.3 Å². The second kappa shape index (κ2) is 7.29. The number of hydrogen-bond acceptors (Lipinski definition) is 3. The second-order valence-electron chi connectivity index (χ2n) is 6.01. The summed E-state index contributed by atoms with van der Waals surface area (Å²) in [5.41, 5.74) is 0.501. The Hall–Kier alpha value is -1.63. The maximum absolute atomic E-state index is 14.0. The number of nitrogens with zero attached hydrogens (tertiary/aromatic N) is 1. The zero-order valence-electron chi connectivity index (χ0n) is 13.6. The molecule has 0 bridgehead atoms. The summed E-state index contributed by atoms with van der Waals surface area (Å²) in [6.07, 6.45) is 3.04. The van der Waals surface area contributed by atoms with Gasteiger partial charge in [-0.05, 0) is 31.4 Å². The average Bonchev–Trinajstić information content (AvgIpc) is 3.25. The van der Waals surface area contributed by atoms with Crippen molar-refractivity contribution < 1.29 is 12.8 Å². The molecule has 0 amide bonds. The minimum Gasteiger partial charge on any atom is -0.357 e. The van der Waals surface area contributed by atoms with Gasteiger partial charge in [0.25, 0.3) is 0 Å². The van der Waals surface area contributed by atoms with Crippen molar-refractivity contribution in [2.75, 3.05) is 31.6 Å². The van der Waals surface area contributed by atoms with Crippen LogP contribution in [0.4, 0.5) is 4.39 Å². The minimum absolute atomic E-state index is 0.0515. The topological polar surface area (TPSA) is 70.6 Å². The van der Waals surface area contributed by atoms with Gasteiger partial charge in [0.05, 0.1) is 12.3 Å². The van der Waals surface area contributed by atoms with Gasteiger partial charge in [-0.1, -0.05) is 18.2 Å². The zero-order valence-corrected chi connectivity index (χ0v) is 14.4. The summed E-state index contributed by atoms with van der Waals surface area (Å²) < 4.78 is 36.3. The van der Waals surface area contributed by atoms with Gasteiger partial charge in [0, 0.05) is 24.8 Å². The molecule has 0 saturated heterocycles. The van der Waals surface area contributed by atoms with Gasteiger partial charge in [-0.3, -0.25) is 4.99 Å². The molecule has 0 unspecified atom stereocenters. The molecule has 1 fully saturated rings. The molecule has 0 aliphatic heterocycles. The zero-order chi connectivity index (χ0) is 16.9. The first-order valence-electron chi connectivity index (χ1n) is 7.81. The van der Waals surface area contributed by atoms with Crippen LogP contribution in [0.2, 0.25) is 0 Å². The molecule has 1 aliphatic rings. The van der Waals surface area contributed by atoms with Crippen molar-refractivity contribution in [3.05, 3.63) is 35.6 Å². The standard InChI is InChI=1S/C16H24FN3O2S/c1-3-18-15(19-10-11-23(2,21)22)20-12-16(8-9-16)13-6-4-5-7-14(13)17/h4-7H,3,8-12H2,1-2H3,(H2,18,19,20). The number of aliphatic imine (C=N–C) groups is 1. The molecule has 0 spiro atoms. The van der Waals surface area contributed by atoms with Crippen molar-refractivity contribution in [3.63, 3.8) is 0 Å². The fourth-order valence-corrected chi connectivity index (χ4v) is 2.95. The van der Waals surface area contributed by atoms with E-state index in [4.69, 9.17) is 0 Å². The monoisotopic (exact) mass is 341 g/mol. The summed E-state index contributed by atoms with van der Waals surface area (Å²) in [6, 6.07) is 6.84. The third kappa shape index (κ3) is 5.20. The number of nitrogens with one attached hydrogen (secondary N) is 2. The van der Waals surface area contributed by atoms with E-state index in [0.717, 1.165) is 18.4 Å². The predicted octanol–water partition coefficient (Wildman–Crippen LogP) is 1.46. The SMILES string of the molecule is CCNC(=NCC1(c2ccccc2F)CC1)NCCS(C)(=O)=O. The summed E-state index contributed by atoms with van der Waals surface area (Å²) >= 11 is 0. The molecule has 128 valence electrons. The highest BCUT2D eigenvalue weighted by atomic mass is 32.2. The lowest BCUT2D eigenvalue weighted by atomic mass is 9.95. The highest BCUT2D eigenvalue weighted by molar-refractivity contribution is 7.90. The van der Waals surface area contributed by atoms with E-state index >= 15 is 0 Å². The van der Waals surface area contributed by atoms with Gasteiger partial charge in [-0.15, -0.1) is 0 Å². The Labute approximate surface area is 137 Å². The number of hydrogen-bond donors (Lipinski definition) is 2. The maximum Gasteiger partial charge on any atom is 0.191 e. The molecule has 2 rings (SSSR count). The molecule has 0 heterocycles. The summed E-state index contributed by atoms with van der Waals surface area (Å²) in [5, 5.41) is 6.10. The van der Waals surface area contributed by atoms with Crippen LogP contribution in [0.3, 0.4) is 0 Å². The fraction of sp³-hybridized carbons (Fsp3) is 0.562. The van der Waals surface area contributed by atoms with Gasteiger partial charge in [-0.2, -0.15) is 0 Å². The van der Waals surface area contributed by atoms with Gasteiger partial charge in [0.2, 0.25) is 0 Å². The predicted molar refractivity (Wildman–Crippen MR) is 91.0 cm³/mol.